The molecule has 0 saturated heterocycles. The van der Waals surface area contributed by atoms with Crippen molar-refractivity contribution in [2.75, 3.05) is 0 Å². The largest absolute Gasteiger partial charge is 0.206 e. The van der Waals surface area contributed by atoms with Gasteiger partial charge in [0, 0.05) is 10.9 Å². The molecule has 4 rings (SSSR count). The highest BCUT2D eigenvalue weighted by Crippen LogP contribution is 2.33. The van der Waals surface area contributed by atoms with E-state index in [1.807, 2.05) is 6.08 Å². The van der Waals surface area contributed by atoms with Gasteiger partial charge in [-0.05, 0) is 85.2 Å². The summed E-state index contributed by atoms with van der Waals surface area (Å²) in [5.41, 5.74) is 0.547. The van der Waals surface area contributed by atoms with E-state index in [4.69, 9.17) is 0 Å². The van der Waals surface area contributed by atoms with Crippen LogP contribution in [-0.4, -0.2) is 0 Å². The summed E-state index contributed by atoms with van der Waals surface area (Å²) in [6.07, 6.45) is 9.16. The predicted octanol–water partition coefficient (Wildman–Crippen LogP) is 8.25. The van der Waals surface area contributed by atoms with Crippen molar-refractivity contribution in [2.24, 2.45) is 11.8 Å². The molecule has 1 saturated carbocycles. The maximum atomic E-state index is 14.6. The van der Waals surface area contributed by atoms with Crippen LogP contribution in [0.5, 0.6) is 0 Å². The van der Waals surface area contributed by atoms with E-state index in [1.54, 1.807) is 0 Å². The Kier molecular flexibility index (Phi) is 7.36. The van der Waals surface area contributed by atoms with Crippen LogP contribution in [0.1, 0.15) is 55.2 Å². The maximum Gasteiger partial charge on any atom is 0.195 e. The van der Waals surface area contributed by atoms with Gasteiger partial charge in [-0.25, -0.2) is 22.0 Å². The number of halogens is 5. The third kappa shape index (κ3) is 5.33. The standard InChI is InChI=1S/C29H25F5/c1-2-3-18-4-6-19(7-5-18)8-9-21-15-25(30)24(26(31)16-21)13-11-20-10-12-23-22(14-20)17-27(32)29(34)28(23)33/h2,10,12,14-19H,1,3-9H2. The second-order valence-electron chi connectivity index (χ2n) is 9.06. The summed E-state index contributed by atoms with van der Waals surface area (Å²) in [5, 5.41) is 0.0124. The molecule has 0 radical (unpaired) electrons. The molecule has 3 aromatic carbocycles. The molecule has 0 spiro atoms. The van der Waals surface area contributed by atoms with Gasteiger partial charge in [-0.3, -0.25) is 0 Å². The highest BCUT2D eigenvalue weighted by molar-refractivity contribution is 5.84. The summed E-state index contributed by atoms with van der Waals surface area (Å²) in [5.74, 6) is 0.776. The Morgan fingerprint density at radius 3 is 2.15 bits per heavy atom. The maximum absolute atomic E-state index is 14.6. The highest BCUT2D eigenvalue weighted by Gasteiger charge is 2.20. The van der Waals surface area contributed by atoms with Gasteiger partial charge >= 0.3 is 0 Å². The fourth-order valence-corrected chi connectivity index (χ4v) is 4.77. The Labute approximate surface area is 196 Å². The molecule has 0 bridgehead atoms. The lowest BCUT2D eigenvalue weighted by atomic mass is 9.78. The molecule has 0 aliphatic heterocycles. The summed E-state index contributed by atoms with van der Waals surface area (Å²) in [7, 11) is 0. The van der Waals surface area contributed by atoms with E-state index in [2.05, 4.69) is 18.4 Å². The molecule has 0 N–H and O–H groups in total. The van der Waals surface area contributed by atoms with E-state index < -0.39 is 29.1 Å². The minimum atomic E-state index is -1.55. The first-order chi connectivity index (χ1) is 16.4. The number of benzene rings is 3. The van der Waals surface area contributed by atoms with Gasteiger partial charge in [0.15, 0.2) is 17.5 Å². The molecule has 3 aromatic rings. The summed E-state index contributed by atoms with van der Waals surface area (Å²) in [6, 6.07) is 7.51. The Hall–Kier alpha value is -3.13. The van der Waals surface area contributed by atoms with Crippen LogP contribution in [0.4, 0.5) is 22.0 Å². The average molecular weight is 469 g/mol. The van der Waals surface area contributed by atoms with Crippen molar-refractivity contribution in [2.45, 2.75) is 44.9 Å². The Balaban J connectivity index is 1.46. The SMILES string of the molecule is C=CCC1CCC(CCc2cc(F)c(C#Cc3ccc4c(F)c(F)c(F)cc4c3)c(F)c2)CC1. The van der Waals surface area contributed by atoms with E-state index >= 15 is 0 Å². The lowest BCUT2D eigenvalue weighted by molar-refractivity contribution is 0.265. The van der Waals surface area contributed by atoms with Gasteiger partial charge in [-0.15, -0.1) is 6.58 Å². The zero-order chi connectivity index (χ0) is 24.2. The van der Waals surface area contributed by atoms with Gasteiger partial charge in [0.1, 0.15) is 11.6 Å². The van der Waals surface area contributed by atoms with Crippen LogP contribution in [0.25, 0.3) is 10.8 Å². The van der Waals surface area contributed by atoms with Crippen LogP contribution in [-0.2, 0) is 6.42 Å². The highest BCUT2D eigenvalue weighted by atomic mass is 19.2. The van der Waals surface area contributed by atoms with Crippen LogP contribution in [0.2, 0.25) is 0 Å². The van der Waals surface area contributed by atoms with Crippen LogP contribution in [0, 0.1) is 52.8 Å². The van der Waals surface area contributed by atoms with Crippen molar-refractivity contribution in [3.63, 3.8) is 0 Å². The monoisotopic (exact) mass is 468 g/mol. The second kappa shape index (κ2) is 10.4. The van der Waals surface area contributed by atoms with Crippen molar-refractivity contribution in [1.82, 2.24) is 0 Å². The predicted molar refractivity (Wildman–Crippen MR) is 125 cm³/mol. The Morgan fingerprint density at radius 1 is 0.794 bits per heavy atom. The molecule has 0 heterocycles. The fourth-order valence-electron chi connectivity index (χ4n) is 4.77. The summed E-state index contributed by atoms with van der Waals surface area (Å²) >= 11 is 0. The molecule has 1 aliphatic rings. The number of allylic oxidation sites excluding steroid dienone is 1. The normalized spacial score (nSPS) is 17.9. The van der Waals surface area contributed by atoms with Crippen LogP contribution < -0.4 is 0 Å². The quantitative estimate of drug-likeness (QED) is 0.153. The van der Waals surface area contributed by atoms with Gasteiger partial charge in [-0.1, -0.05) is 36.8 Å². The molecule has 176 valence electrons. The van der Waals surface area contributed by atoms with Crippen LogP contribution >= 0.6 is 0 Å². The third-order valence-corrected chi connectivity index (χ3v) is 6.71. The van der Waals surface area contributed by atoms with E-state index in [9.17, 15) is 22.0 Å². The fraction of sp³-hybridized carbons (Fsp3) is 0.310. The third-order valence-electron chi connectivity index (χ3n) is 6.71. The van der Waals surface area contributed by atoms with E-state index in [-0.39, 0.29) is 16.3 Å². The topological polar surface area (TPSA) is 0 Å². The molecule has 1 fully saturated rings. The minimum Gasteiger partial charge on any atom is -0.206 e. The minimum absolute atomic E-state index is 0.0969. The van der Waals surface area contributed by atoms with Crippen molar-refractivity contribution < 1.29 is 22.0 Å². The number of hydrogen-bond acceptors (Lipinski definition) is 0. The van der Waals surface area contributed by atoms with Crippen LogP contribution in [0.15, 0.2) is 49.1 Å². The zero-order valence-corrected chi connectivity index (χ0v) is 18.7. The van der Waals surface area contributed by atoms with Crippen molar-refractivity contribution in [1.29, 1.82) is 0 Å². The van der Waals surface area contributed by atoms with Crippen molar-refractivity contribution in [3.05, 3.63) is 94.8 Å². The first-order valence-electron chi connectivity index (χ1n) is 11.5. The van der Waals surface area contributed by atoms with Crippen molar-refractivity contribution >= 4 is 10.8 Å². The number of rotatable bonds is 5. The van der Waals surface area contributed by atoms with E-state index in [0.717, 1.165) is 31.7 Å². The molecular weight excluding hydrogens is 443 g/mol. The molecular formula is C29H25F5. The van der Waals surface area contributed by atoms with E-state index in [1.165, 1.54) is 43.2 Å². The summed E-state index contributed by atoms with van der Waals surface area (Å²) in [4.78, 5) is 0. The van der Waals surface area contributed by atoms with Gasteiger partial charge in [-0.2, -0.15) is 0 Å². The first kappa shape index (κ1) is 24.0. The lowest BCUT2D eigenvalue weighted by Crippen LogP contribution is -2.14. The molecule has 0 atom stereocenters. The smallest absolute Gasteiger partial charge is 0.195 e. The first-order valence-corrected chi connectivity index (χ1v) is 11.5. The molecule has 1 aliphatic carbocycles. The molecule has 0 nitrogen and oxygen atoms in total. The molecule has 0 unspecified atom stereocenters. The molecule has 0 aromatic heterocycles. The number of aryl methyl sites for hydroxylation is 1. The van der Waals surface area contributed by atoms with E-state index in [0.29, 0.717) is 29.4 Å². The van der Waals surface area contributed by atoms with Gasteiger partial charge in [0.05, 0.1) is 5.56 Å². The Morgan fingerprint density at radius 2 is 1.47 bits per heavy atom. The zero-order valence-electron chi connectivity index (χ0n) is 18.7. The summed E-state index contributed by atoms with van der Waals surface area (Å²) in [6.45, 7) is 3.80. The summed E-state index contributed by atoms with van der Waals surface area (Å²) < 4.78 is 70.0. The van der Waals surface area contributed by atoms with Crippen LogP contribution in [0.3, 0.4) is 0 Å². The van der Waals surface area contributed by atoms with Crippen molar-refractivity contribution in [3.8, 4) is 11.8 Å². The lowest BCUT2D eigenvalue weighted by Gasteiger charge is -2.27. The number of hydrogen-bond donors (Lipinski definition) is 0. The molecule has 0 amide bonds. The Bertz CT molecular complexity index is 1250. The molecule has 34 heavy (non-hydrogen) atoms. The number of fused-ring (bicyclic) bond motifs is 1. The van der Waals surface area contributed by atoms with Gasteiger partial charge in [0.2, 0.25) is 0 Å². The van der Waals surface area contributed by atoms with Gasteiger partial charge in [0.25, 0.3) is 0 Å². The molecule has 5 heteroatoms. The average Bonchev–Trinajstić information content (AvgIpc) is 2.82. The second-order valence-corrected chi connectivity index (χ2v) is 9.06. The van der Waals surface area contributed by atoms with Gasteiger partial charge < -0.3 is 0 Å².